The van der Waals surface area contributed by atoms with Gasteiger partial charge >= 0.3 is 0 Å². The van der Waals surface area contributed by atoms with E-state index in [0.717, 1.165) is 34.8 Å². The zero-order valence-corrected chi connectivity index (χ0v) is 17.7. The Morgan fingerprint density at radius 3 is 2.79 bits per heavy atom. The normalized spacial score (nSPS) is 19.7. The molecule has 1 amide bonds. The van der Waals surface area contributed by atoms with E-state index in [1.54, 1.807) is 6.20 Å². The summed E-state index contributed by atoms with van der Waals surface area (Å²) < 4.78 is 5.88. The predicted molar refractivity (Wildman–Crippen MR) is 113 cm³/mol. The molecule has 29 heavy (non-hydrogen) atoms. The Morgan fingerprint density at radius 2 is 2.10 bits per heavy atom. The van der Waals surface area contributed by atoms with Crippen molar-refractivity contribution in [1.29, 1.82) is 0 Å². The largest absolute Gasteiger partial charge is 0.491 e. The summed E-state index contributed by atoms with van der Waals surface area (Å²) in [4.78, 5) is 18.4. The number of ether oxygens (including phenoxy) is 1. The van der Waals surface area contributed by atoms with Crippen molar-refractivity contribution in [2.24, 2.45) is 0 Å². The number of aromatic nitrogens is 1. The maximum Gasteiger partial charge on any atom is 0.234 e. The van der Waals surface area contributed by atoms with E-state index in [-0.39, 0.29) is 19.1 Å². The average Bonchev–Trinajstić information content (AvgIpc) is 2.70. The summed E-state index contributed by atoms with van der Waals surface area (Å²) in [5.74, 6) is 0.618. The molecule has 1 unspecified atom stereocenters. The fourth-order valence-corrected chi connectivity index (χ4v) is 3.73. The molecular formula is C22H28ClN3O3. The summed E-state index contributed by atoms with van der Waals surface area (Å²) in [5, 5.41) is 14.6. The number of aryl methyl sites for hydroxylation is 2. The summed E-state index contributed by atoms with van der Waals surface area (Å²) in [5.41, 5.74) is 1.73. The van der Waals surface area contributed by atoms with E-state index >= 15 is 0 Å². The third-order valence-corrected chi connectivity index (χ3v) is 5.71. The van der Waals surface area contributed by atoms with Crippen LogP contribution in [0.4, 0.5) is 0 Å². The van der Waals surface area contributed by atoms with Crippen LogP contribution in [0.3, 0.4) is 0 Å². The van der Waals surface area contributed by atoms with Crippen molar-refractivity contribution >= 4 is 17.5 Å². The van der Waals surface area contributed by atoms with Crippen molar-refractivity contribution in [3.8, 4) is 5.75 Å². The molecule has 0 radical (unpaired) electrons. The van der Waals surface area contributed by atoms with Gasteiger partial charge in [-0.3, -0.25) is 14.7 Å². The van der Waals surface area contributed by atoms with Gasteiger partial charge in [-0.05, 0) is 68.6 Å². The summed E-state index contributed by atoms with van der Waals surface area (Å²) in [6.07, 6.45) is 3.16. The molecule has 2 aromatic rings. The molecule has 6 nitrogen and oxygen atoms in total. The fourth-order valence-electron chi connectivity index (χ4n) is 3.62. The third-order valence-electron chi connectivity index (χ3n) is 5.11. The number of carbonyl (C=O) groups is 1. The van der Waals surface area contributed by atoms with Gasteiger partial charge < -0.3 is 15.2 Å². The molecule has 0 aliphatic carbocycles. The zero-order chi connectivity index (χ0) is 20.9. The number of likely N-dealkylation sites (tertiary alicyclic amines) is 1. The number of rotatable bonds is 7. The van der Waals surface area contributed by atoms with Crippen LogP contribution in [0.5, 0.6) is 5.75 Å². The van der Waals surface area contributed by atoms with Gasteiger partial charge in [-0.15, -0.1) is 0 Å². The molecule has 3 rings (SSSR count). The number of aliphatic hydroxyl groups is 1. The standard InChI is InChI=1S/C22H28ClN3O3/c1-16-10-19(11-17(2)21(16)23)29-15-22(28)7-5-9-26(14-22)13-20(27)25-12-18-6-3-4-8-24-18/h3-4,6,8,10-11,28H,5,7,9,12-15H2,1-2H3,(H,25,27). The minimum absolute atomic E-state index is 0.0789. The second-order valence-corrected chi connectivity index (χ2v) is 8.17. The van der Waals surface area contributed by atoms with Gasteiger partial charge in [0, 0.05) is 17.8 Å². The molecular weight excluding hydrogens is 390 g/mol. The van der Waals surface area contributed by atoms with Crippen LogP contribution in [-0.4, -0.2) is 52.7 Å². The van der Waals surface area contributed by atoms with Crippen molar-refractivity contribution < 1.29 is 14.6 Å². The van der Waals surface area contributed by atoms with E-state index < -0.39 is 5.60 Å². The molecule has 2 N–H and O–H groups in total. The molecule has 1 aromatic carbocycles. The Morgan fingerprint density at radius 1 is 1.34 bits per heavy atom. The van der Waals surface area contributed by atoms with Gasteiger partial charge in [0.2, 0.25) is 5.91 Å². The van der Waals surface area contributed by atoms with Crippen molar-refractivity contribution in [1.82, 2.24) is 15.2 Å². The van der Waals surface area contributed by atoms with Crippen molar-refractivity contribution in [3.05, 3.63) is 58.4 Å². The molecule has 0 saturated carbocycles. The highest BCUT2D eigenvalue weighted by Gasteiger charge is 2.34. The third kappa shape index (κ3) is 6.16. The minimum atomic E-state index is -0.985. The number of carbonyl (C=O) groups excluding carboxylic acids is 1. The molecule has 156 valence electrons. The molecule has 7 heteroatoms. The van der Waals surface area contributed by atoms with E-state index in [2.05, 4.69) is 10.3 Å². The fraction of sp³-hybridized carbons (Fsp3) is 0.455. The van der Waals surface area contributed by atoms with Crippen LogP contribution in [0.2, 0.25) is 5.02 Å². The van der Waals surface area contributed by atoms with Crippen LogP contribution in [0.1, 0.15) is 29.7 Å². The Balaban J connectivity index is 1.50. The SMILES string of the molecule is Cc1cc(OCC2(O)CCCN(CC(=O)NCc3ccccn3)C2)cc(C)c1Cl. The number of halogens is 1. The lowest BCUT2D eigenvalue weighted by molar-refractivity contribution is -0.125. The summed E-state index contributed by atoms with van der Waals surface area (Å²) in [7, 11) is 0. The highest BCUT2D eigenvalue weighted by atomic mass is 35.5. The Hall–Kier alpha value is -2.15. The highest BCUT2D eigenvalue weighted by Crippen LogP contribution is 2.28. The first-order chi connectivity index (χ1) is 13.8. The molecule has 1 aromatic heterocycles. The first-order valence-corrected chi connectivity index (χ1v) is 10.2. The van der Waals surface area contributed by atoms with Crippen molar-refractivity contribution in [2.45, 2.75) is 38.8 Å². The number of nitrogens with zero attached hydrogens (tertiary/aromatic N) is 2. The van der Waals surface area contributed by atoms with Crippen LogP contribution in [0.15, 0.2) is 36.5 Å². The number of nitrogens with one attached hydrogen (secondary N) is 1. The van der Waals surface area contributed by atoms with Crippen LogP contribution in [0.25, 0.3) is 0 Å². The quantitative estimate of drug-likeness (QED) is 0.724. The van der Waals surface area contributed by atoms with Crippen LogP contribution >= 0.6 is 11.6 Å². The molecule has 1 aliphatic heterocycles. The van der Waals surface area contributed by atoms with E-state index in [1.165, 1.54) is 0 Å². The number of piperidine rings is 1. The molecule has 1 atom stereocenters. The van der Waals surface area contributed by atoms with Crippen LogP contribution in [-0.2, 0) is 11.3 Å². The number of hydrogen-bond donors (Lipinski definition) is 2. The lowest BCUT2D eigenvalue weighted by Crippen LogP contribution is -2.53. The molecule has 0 spiro atoms. The van der Waals surface area contributed by atoms with Crippen LogP contribution < -0.4 is 10.1 Å². The van der Waals surface area contributed by atoms with E-state index in [4.69, 9.17) is 16.3 Å². The lowest BCUT2D eigenvalue weighted by Gasteiger charge is -2.38. The van der Waals surface area contributed by atoms with Crippen molar-refractivity contribution in [2.75, 3.05) is 26.2 Å². The number of benzene rings is 1. The minimum Gasteiger partial charge on any atom is -0.491 e. The maximum absolute atomic E-state index is 12.3. The van der Waals surface area contributed by atoms with Gasteiger partial charge in [0.25, 0.3) is 0 Å². The zero-order valence-electron chi connectivity index (χ0n) is 16.9. The number of amides is 1. The van der Waals surface area contributed by atoms with E-state index in [9.17, 15) is 9.90 Å². The Labute approximate surface area is 176 Å². The molecule has 1 saturated heterocycles. The van der Waals surface area contributed by atoms with Gasteiger partial charge in [0.05, 0.1) is 18.8 Å². The lowest BCUT2D eigenvalue weighted by atomic mass is 9.93. The molecule has 1 aliphatic rings. The number of hydrogen-bond acceptors (Lipinski definition) is 5. The van der Waals surface area contributed by atoms with E-state index in [0.29, 0.717) is 25.3 Å². The number of β-amino-alcohol motifs (C(OH)–C–C–N with tert-alkyl or cyclic N) is 1. The number of pyridine rings is 1. The first kappa shape index (κ1) is 21.6. The summed E-state index contributed by atoms with van der Waals surface area (Å²) in [6, 6.07) is 9.36. The van der Waals surface area contributed by atoms with Gasteiger partial charge in [-0.2, -0.15) is 0 Å². The van der Waals surface area contributed by atoms with Gasteiger partial charge in [0.1, 0.15) is 18.0 Å². The summed E-state index contributed by atoms with van der Waals surface area (Å²) in [6.45, 7) is 5.86. The average molecular weight is 418 g/mol. The first-order valence-electron chi connectivity index (χ1n) is 9.85. The second-order valence-electron chi connectivity index (χ2n) is 7.80. The highest BCUT2D eigenvalue weighted by molar-refractivity contribution is 6.32. The monoisotopic (exact) mass is 417 g/mol. The second kappa shape index (κ2) is 9.57. The molecule has 0 bridgehead atoms. The topological polar surface area (TPSA) is 74.7 Å². The smallest absolute Gasteiger partial charge is 0.234 e. The Bertz CT molecular complexity index is 823. The molecule has 1 fully saturated rings. The van der Waals surface area contributed by atoms with Crippen LogP contribution in [0, 0.1) is 13.8 Å². The van der Waals surface area contributed by atoms with E-state index in [1.807, 2.05) is 49.1 Å². The maximum atomic E-state index is 12.3. The van der Waals surface area contributed by atoms with Gasteiger partial charge in [-0.25, -0.2) is 0 Å². The van der Waals surface area contributed by atoms with Gasteiger partial charge in [0.15, 0.2) is 0 Å². The van der Waals surface area contributed by atoms with Gasteiger partial charge in [-0.1, -0.05) is 17.7 Å². The Kier molecular flexibility index (Phi) is 7.11. The molecule has 2 heterocycles. The van der Waals surface area contributed by atoms with Crippen molar-refractivity contribution in [3.63, 3.8) is 0 Å². The predicted octanol–water partition coefficient (Wildman–Crippen LogP) is 2.87. The summed E-state index contributed by atoms with van der Waals surface area (Å²) >= 11 is 6.20.